The van der Waals surface area contributed by atoms with Gasteiger partial charge in [0.15, 0.2) is 5.82 Å². The summed E-state index contributed by atoms with van der Waals surface area (Å²) in [5.74, 6) is -2.63. The van der Waals surface area contributed by atoms with E-state index >= 15 is 0 Å². The number of esters is 1. The van der Waals surface area contributed by atoms with E-state index in [0.717, 1.165) is 19.2 Å². The standard InChI is InChI=1S/C22H26F4N4O4Si/c1-33-20(32)15-11-29(10-13(15)7-18(27)31)21-28-19-16(23)8-14(22(24,25)26)9-17(19)30(21)12-34-5-6-35(2,3)4/h8-11H,5-7,12H2,1-4H3,(H2,27,31). The molecular weight excluding hydrogens is 488 g/mol. The lowest BCUT2D eigenvalue weighted by Crippen LogP contribution is -2.22. The Morgan fingerprint density at radius 1 is 1.17 bits per heavy atom. The third-order valence-electron chi connectivity index (χ3n) is 5.24. The van der Waals surface area contributed by atoms with Gasteiger partial charge < -0.3 is 15.2 Å². The third-order valence-corrected chi connectivity index (χ3v) is 6.95. The van der Waals surface area contributed by atoms with Crippen molar-refractivity contribution in [1.82, 2.24) is 14.1 Å². The van der Waals surface area contributed by atoms with E-state index in [1.807, 2.05) is 0 Å². The molecule has 2 N–H and O–H groups in total. The molecule has 13 heteroatoms. The predicted molar refractivity (Wildman–Crippen MR) is 122 cm³/mol. The van der Waals surface area contributed by atoms with Crippen LogP contribution in [0.3, 0.4) is 0 Å². The zero-order valence-electron chi connectivity index (χ0n) is 19.7. The van der Waals surface area contributed by atoms with E-state index in [1.54, 1.807) is 0 Å². The number of hydrogen-bond acceptors (Lipinski definition) is 5. The topological polar surface area (TPSA) is 101 Å². The molecule has 0 aliphatic heterocycles. The van der Waals surface area contributed by atoms with Gasteiger partial charge in [-0.05, 0) is 23.7 Å². The van der Waals surface area contributed by atoms with Gasteiger partial charge in [-0.1, -0.05) is 19.6 Å². The molecule has 0 saturated carbocycles. The summed E-state index contributed by atoms with van der Waals surface area (Å²) in [6.07, 6.45) is -2.40. The zero-order valence-corrected chi connectivity index (χ0v) is 20.7. The molecule has 0 spiro atoms. The second kappa shape index (κ2) is 9.82. The molecule has 2 heterocycles. The monoisotopic (exact) mass is 514 g/mol. The first kappa shape index (κ1) is 26.4. The lowest BCUT2D eigenvalue weighted by Gasteiger charge is -2.16. The van der Waals surface area contributed by atoms with Crippen molar-refractivity contribution in [2.24, 2.45) is 5.73 Å². The summed E-state index contributed by atoms with van der Waals surface area (Å²) in [7, 11) is -0.293. The lowest BCUT2D eigenvalue weighted by molar-refractivity contribution is -0.137. The number of nitrogens with two attached hydrogens (primary N) is 1. The highest BCUT2D eigenvalue weighted by molar-refractivity contribution is 6.76. The maximum atomic E-state index is 14.7. The van der Waals surface area contributed by atoms with Crippen molar-refractivity contribution in [3.63, 3.8) is 0 Å². The summed E-state index contributed by atoms with van der Waals surface area (Å²) in [5.41, 5.74) is 3.90. The summed E-state index contributed by atoms with van der Waals surface area (Å²) >= 11 is 0. The fourth-order valence-corrected chi connectivity index (χ4v) is 4.18. The van der Waals surface area contributed by atoms with Gasteiger partial charge in [0.1, 0.15) is 12.2 Å². The van der Waals surface area contributed by atoms with Gasteiger partial charge in [-0.15, -0.1) is 0 Å². The Labute approximate surface area is 199 Å². The minimum absolute atomic E-state index is 0.00731. The summed E-state index contributed by atoms with van der Waals surface area (Å²) in [4.78, 5) is 27.9. The molecule has 3 aromatic rings. The highest BCUT2D eigenvalue weighted by Gasteiger charge is 2.33. The van der Waals surface area contributed by atoms with E-state index < -0.39 is 37.5 Å². The average Bonchev–Trinajstić information content (AvgIpc) is 3.30. The molecule has 3 rings (SSSR count). The van der Waals surface area contributed by atoms with Gasteiger partial charge in [-0.25, -0.2) is 14.2 Å². The number of imidazole rings is 1. The van der Waals surface area contributed by atoms with Gasteiger partial charge >= 0.3 is 12.1 Å². The first-order valence-electron chi connectivity index (χ1n) is 10.6. The van der Waals surface area contributed by atoms with Gasteiger partial charge in [0.2, 0.25) is 11.9 Å². The Balaban J connectivity index is 2.17. The number of halogens is 4. The van der Waals surface area contributed by atoms with E-state index in [0.29, 0.717) is 12.7 Å². The largest absolute Gasteiger partial charge is 0.465 e. The molecular formula is C22H26F4N4O4Si. The number of carbonyl (C=O) groups excluding carboxylic acids is 2. The van der Waals surface area contributed by atoms with E-state index in [-0.39, 0.29) is 41.3 Å². The molecule has 1 amide bonds. The van der Waals surface area contributed by atoms with Crippen molar-refractivity contribution < 1.29 is 36.6 Å². The first-order valence-corrected chi connectivity index (χ1v) is 14.3. The number of benzene rings is 1. The Morgan fingerprint density at radius 3 is 2.43 bits per heavy atom. The number of rotatable bonds is 9. The molecule has 0 bridgehead atoms. The van der Waals surface area contributed by atoms with Gasteiger partial charge in [0.05, 0.1) is 30.2 Å². The van der Waals surface area contributed by atoms with Crippen LogP contribution in [0, 0.1) is 5.82 Å². The molecule has 0 aliphatic rings. The Hall–Kier alpha value is -3.19. The molecule has 0 aliphatic carbocycles. The number of methoxy groups -OCH3 is 1. The van der Waals surface area contributed by atoms with E-state index in [4.69, 9.17) is 15.2 Å². The van der Waals surface area contributed by atoms with Crippen LogP contribution in [0.25, 0.3) is 17.0 Å². The molecule has 8 nitrogen and oxygen atoms in total. The van der Waals surface area contributed by atoms with Crippen LogP contribution in [0.15, 0.2) is 24.5 Å². The quantitative estimate of drug-likeness (QED) is 0.200. The minimum atomic E-state index is -4.77. The number of fused-ring (bicyclic) bond motifs is 1. The van der Waals surface area contributed by atoms with Crippen molar-refractivity contribution in [3.8, 4) is 5.95 Å². The number of carbonyl (C=O) groups is 2. The van der Waals surface area contributed by atoms with E-state index in [2.05, 4.69) is 24.6 Å². The molecule has 0 radical (unpaired) electrons. The highest BCUT2D eigenvalue weighted by atomic mass is 28.3. The second-order valence-corrected chi connectivity index (χ2v) is 14.9. The zero-order chi connectivity index (χ0) is 26.1. The molecule has 0 saturated heterocycles. The number of hydrogen-bond donors (Lipinski definition) is 1. The maximum Gasteiger partial charge on any atom is 0.416 e. The lowest BCUT2D eigenvalue weighted by atomic mass is 10.1. The van der Waals surface area contributed by atoms with Crippen LogP contribution in [0.5, 0.6) is 0 Å². The van der Waals surface area contributed by atoms with Crippen molar-refractivity contribution in [1.29, 1.82) is 0 Å². The molecule has 35 heavy (non-hydrogen) atoms. The number of alkyl halides is 3. The number of aromatic nitrogens is 3. The van der Waals surface area contributed by atoms with Crippen molar-refractivity contribution in [2.45, 2.75) is 45.0 Å². The molecule has 0 atom stereocenters. The predicted octanol–water partition coefficient (Wildman–Crippen LogP) is 4.11. The Kier molecular flexibility index (Phi) is 7.41. The summed E-state index contributed by atoms with van der Waals surface area (Å²) in [5, 5.41) is 0. The van der Waals surface area contributed by atoms with Crippen LogP contribution in [-0.4, -0.2) is 47.8 Å². The Bertz CT molecular complexity index is 1260. The summed E-state index contributed by atoms with van der Waals surface area (Å²) in [6, 6.07) is 1.98. The average molecular weight is 515 g/mol. The van der Waals surface area contributed by atoms with Crippen LogP contribution >= 0.6 is 0 Å². The number of amides is 1. The SMILES string of the molecule is COC(=O)c1cn(-c2nc3c(F)cc(C(F)(F)F)cc3n2COCC[Si](C)(C)C)cc1CC(N)=O. The van der Waals surface area contributed by atoms with Gasteiger partial charge in [-0.2, -0.15) is 13.2 Å². The molecule has 0 fully saturated rings. The second-order valence-electron chi connectivity index (χ2n) is 9.25. The number of ether oxygens (including phenoxy) is 2. The third kappa shape index (κ3) is 6.09. The van der Waals surface area contributed by atoms with Crippen LogP contribution in [0.2, 0.25) is 25.7 Å². The van der Waals surface area contributed by atoms with Gasteiger partial charge in [0.25, 0.3) is 0 Å². The van der Waals surface area contributed by atoms with Crippen LogP contribution < -0.4 is 5.73 Å². The summed E-state index contributed by atoms with van der Waals surface area (Å²) in [6.45, 7) is 6.58. The molecule has 190 valence electrons. The van der Waals surface area contributed by atoms with Crippen molar-refractivity contribution in [2.75, 3.05) is 13.7 Å². The van der Waals surface area contributed by atoms with Crippen molar-refractivity contribution in [3.05, 3.63) is 47.0 Å². The van der Waals surface area contributed by atoms with Crippen LogP contribution in [0.4, 0.5) is 17.6 Å². The summed E-state index contributed by atoms with van der Waals surface area (Å²) < 4.78 is 67.9. The fraction of sp³-hybridized carbons (Fsp3) is 0.409. The Morgan fingerprint density at radius 2 is 1.86 bits per heavy atom. The van der Waals surface area contributed by atoms with Gasteiger partial charge in [-0.3, -0.25) is 13.9 Å². The first-order chi connectivity index (χ1) is 16.2. The molecule has 1 aromatic carbocycles. The van der Waals surface area contributed by atoms with Crippen LogP contribution in [-0.2, 0) is 33.6 Å². The van der Waals surface area contributed by atoms with E-state index in [9.17, 15) is 27.2 Å². The molecule has 0 unspecified atom stereocenters. The number of primary amides is 1. The van der Waals surface area contributed by atoms with Crippen molar-refractivity contribution >= 4 is 31.0 Å². The van der Waals surface area contributed by atoms with Gasteiger partial charge in [0, 0.05) is 27.1 Å². The smallest absolute Gasteiger partial charge is 0.416 e. The maximum absolute atomic E-state index is 14.7. The molecule has 2 aromatic heterocycles. The van der Waals surface area contributed by atoms with E-state index in [1.165, 1.54) is 21.5 Å². The van der Waals surface area contributed by atoms with Crippen LogP contribution in [0.1, 0.15) is 21.5 Å². The minimum Gasteiger partial charge on any atom is -0.465 e. The highest BCUT2D eigenvalue weighted by Crippen LogP contribution is 2.34. The fourth-order valence-electron chi connectivity index (χ4n) is 3.43. The normalized spacial score (nSPS) is 12.3. The number of nitrogens with zero attached hydrogens (tertiary/aromatic N) is 3.